The predicted octanol–water partition coefficient (Wildman–Crippen LogP) is 6.48. The first-order valence-corrected chi connectivity index (χ1v) is 13.3. The number of para-hydroxylation sites is 2. The summed E-state index contributed by atoms with van der Waals surface area (Å²) in [7, 11) is 1.65. The van der Waals surface area contributed by atoms with Crippen LogP contribution < -0.4 is 10.1 Å². The number of halogens is 2. The van der Waals surface area contributed by atoms with Crippen LogP contribution in [0.25, 0.3) is 17.1 Å². The highest BCUT2D eigenvalue weighted by Crippen LogP contribution is 2.32. The van der Waals surface area contributed by atoms with Gasteiger partial charge < -0.3 is 10.1 Å². The topological polar surface area (TPSA) is 69.0 Å². The Morgan fingerprint density at radius 2 is 1.81 bits per heavy atom. The smallest absolute Gasteiger partial charge is 0.220 e. The average Bonchev–Trinajstić information content (AvgIpc) is 3.32. The highest BCUT2D eigenvalue weighted by atomic mass is 35.5. The normalized spacial score (nSPS) is 10.9. The first kappa shape index (κ1) is 26.1. The van der Waals surface area contributed by atoms with Gasteiger partial charge in [0.25, 0.3) is 0 Å². The van der Waals surface area contributed by atoms with Gasteiger partial charge in [-0.05, 0) is 42.7 Å². The molecule has 1 N–H and O–H groups in total. The number of nitrogens with zero attached hydrogens (tertiary/aromatic N) is 3. The number of thioether (sulfide) groups is 1. The lowest BCUT2D eigenvalue weighted by molar-refractivity contribution is -0.121. The van der Waals surface area contributed by atoms with E-state index in [0.717, 1.165) is 39.3 Å². The first-order chi connectivity index (χ1) is 17.6. The molecule has 0 saturated carbocycles. The van der Waals surface area contributed by atoms with Crippen LogP contribution in [0.2, 0.25) is 10.0 Å². The lowest BCUT2D eigenvalue weighted by Crippen LogP contribution is -2.25. The summed E-state index contributed by atoms with van der Waals surface area (Å²) in [6.45, 7) is 0.524. The molecule has 0 atom stereocenters. The van der Waals surface area contributed by atoms with Crippen molar-refractivity contribution in [1.82, 2.24) is 20.1 Å². The van der Waals surface area contributed by atoms with Crippen molar-refractivity contribution < 1.29 is 9.53 Å². The molecule has 9 heteroatoms. The van der Waals surface area contributed by atoms with Crippen molar-refractivity contribution in [2.75, 3.05) is 19.4 Å². The molecule has 0 aliphatic rings. The molecule has 3 aromatic carbocycles. The highest BCUT2D eigenvalue weighted by Gasteiger charge is 2.18. The highest BCUT2D eigenvalue weighted by molar-refractivity contribution is 7.99. The van der Waals surface area contributed by atoms with E-state index in [1.54, 1.807) is 31.0 Å². The third-order valence-corrected chi connectivity index (χ3v) is 7.10. The van der Waals surface area contributed by atoms with E-state index in [9.17, 15) is 4.79 Å². The number of nitrogens with one attached hydrogen (secondary N) is 1. The van der Waals surface area contributed by atoms with E-state index in [1.165, 1.54) is 0 Å². The fourth-order valence-electron chi connectivity index (χ4n) is 3.71. The predicted molar refractivity (Wildman–Crippen MR) is 146 cm³/mol. The van der Waals surface area contributed by atoms with Gasteiger partial charge in [0.1, 0.15) is 5.75 Å². The third-order valence-electron chi connectivity index (χ3n) is 5.50. The van der Waals surface area contributed by atoms with E-state index >= 15 is 0 Å². The molecular formula is C27H26Cl2N4O2S. The Hall–Kier alpha value is -3.00. The van der Waals surface area contributed by atoms with Gasteiger partial charge in [-0.3, -0.25) is 9.36 Å². The van der Waals surface area contributed by atoms with Crippen molar-refractivity contribution >= 4 is 40.9 Å². The number of ether oxygens (including phenoxy) is 1. The van der Waals surface area contributed by atoms with Gasteiger partial charge in [-0.15, -0.1) is 10.2 Å². The van der Waals surface area contributed by atoms with Crippen LogP contribution in [0.15, 0.2) is 78.0 Å². The van der Waals surface area contributed by atoms with Gasteiger partial charge >= 0.3 is 0 Å². The van der Waals surface area contributed by atoms with Crippen molar-refractivity contribution in [2.24, 2.45) is 0 Å². The van der Waals surface area contributed by atoms with Gasteiger partial charge in [0.15, 0.2) is 11.0 Å². The zero-order chi connectivity index (χ0) is 25.3. The summed E-state index contributed by atoms with van der Waals surface area (Å²) in [6.07, 6.45) is 1.79. The second kappa shape index (κ2) is 12.8. The molecule has 6 nitrogen and oxygen atoms in total. The fourth-order valence-corrected chi connectivity index (χ4v) is 5.10. The van der Waals surface area contributed by atoms with Crippen LogP contribution in [0.3, 0.4) is 0 Å². The van der Waals surface area contributed by atoms with Gasteiger partial charge in [-0.25, -0.2) is 0 Å². The Balaban J connectivity index is 1.36. The summed E-state index contributed by atoms with van der Waals surface area (Å²) < 4.78 is 7.61. The molecule has 0 aliphatic carbocycles. The minimum absolute atomic E-state index is 0.0110. The summed E-state index contributed by atoms with van der Waals surface area (Å²) in [5.41, 5.74) is 2.79. The van der Waals surface area contributed by atoms with E-state index in [0.29, 0.717) is 35.9 Å². The molecule has 1 aromatic heterocycles. The van der Waals surface area contributed by atoms with Crippen LogP contribution in [-0.4, -0.2) is 40.1 Å². The molecule has 0 saturated heterocycles. The van der Waals surface area contributed by atoms with Crippen LogP contribution in [0.4, 0.5) is 0 Å². The quantitative estimate of drug-likeness (QED) is 0.174. The molecule has 1 heterocycles. The maximum absolute atomic E-state index is 12.3. The van der Waals surface area contributed by atoms with Gasteiger partial charge in [0.2, 0.25) is 5.91 Å². The number of carbonyl (C=O) groups is 1. The number of methoxy groups -OCH3 is 1. The molecule has 36 heavy (non-hydrogen) atoms. The van der Waals surface area contributed by atoms with Gasteiger partial charge in [-0.2, -0.15) is 0 Å². The summed E-state index contributed by atoms with van der Waals surface area (Å²) >= 11 is 13.7. The molecule has 0 spiro atoms. The van der Waals surface area contributed by atoms with E-state index in [4.69, 9.17) is 27.9 Å². The third kappa shape index (κ3) is 6.60. The maximum atomic E-state index is 12.3. The minimum atomic E-state index is 0.0110. The molecular weight excluding hydrogens is 515 g/mol. The van der Waals surface area contributed by atoms with Crippen molar-refractivity contribution in [3.63, 3.8) is 0 Å². The molecule has 0 aliphatic heterocycles. The lowest BCUT2D eigenvalue weighted by Gasteiger charge is -2.14. The van der Waals surface area contributed by atoms with Crippen LogP contribution in [0, 0.1) is 0 Å². The molecule has 0 bridgehead atoms. The van der Waals surface area contributed by atoms with Gasteiger partial charge in [0, 0.05) is 34.3 Å². The number of rotatable bonds is 11. The molecule has 0 unspecified atom stereocenters. The number of hydrogen-bond acceptors (Lipinski definition) is 5. The summed E-state index contributed by atoms with van der Waals surface area (Å²) in [5, 5.41) is 13.8. The van der Waals surface area contributed by atoms with E-state index in [-0.39, 0.29) is 5.91 Å². The number of amides is 1. The maximum Gasteiger partial charge on any atom is 0.220 e. The summed E-state index contributed by atoms with van der Waals surface area (Å²) in [6, 6.07) is 23.1. The Morgan fingerprint density at radius 1 is 1.03 bits per heavy atom. The zero-order valence-electron chi connectivity index (χ0n) is 19.8. The van der Waals surface area contributed by atoms with Gasteiger partial charge in [-0.1, -0.05) is 83.5 Å². The van der Waals surface area contributed by atoms with Crippen LogP contribution in [0.5, 0.6) is 5.75 Å². The summed E-state index contributed by atoms with van der Waals surface area (Å²) in [5.74, 6) is 2.20. The van der Waals surface area contributed by atoms with E-state index in [2.05, 4.69) is 15.5 Å². The Kier molecular flexibility index (Phi) is 9.28. The molecule has 4 aromatic rings. The molecule has 1 amide bonds. The largest absolute Gasteiger partial charge is 0.495 e. The van der Waals surface area contributed by atoms with Crippen LogP contribution >= 0.6 is 35.0 Å². The van der Waals surface area contributed by atoms with Crippen molar-refractivity contribution in [2.45, 2.75) is 24.4 Å². The average molecular weight is 542 g/mol. The molecule has 0 fully saturated rings. The van der Waals surface area contributed by atoms with Crippen molar-refractivity contribution in [3.8, 4) is 22.8 Å². The fraction of sp³-hybridized carbons (Fsp3) is 0.222. The molecule has 186 valence electrons. The Labute approximate surface area is 225 Å². The first-order valence-electron chi connectivity index (χ1n) is 11.5. The standard InChI is InChI=1S/C27H26Cl2N4O2S/c1-35-24-11-6-5-10-23(24)33-26(20-8-3-2-4-9-20)31-32-27(33)36-17-7-12-25(34)30-16-15-19-13-14-21(28)18-22(19)29/h2-6,8-11,13-14,18H,7,12,15-17H2,1H3,(H,30,34). The number of aromatic nitrogens is 3. The number of benzene rings is 3. The second-order valence-corrected chi connectivity index (χ2v) is 9.87. The van der Waals surface area contributed by atoms with E-state index < -0.39 is 0 Å². The number of carbonyl (C=O) groups excluding carboxylic acids is 1. The molecule has 0 radical (unpaired) electrons. The Bertz CT molecular complexity index is 1310. The van der Waals surface area contributed by atoms with Gasteiger partial charge in [0.05, 0.1) is 12.8 Å². The van der Waals surface area contributed by atoms with E-state index in [1.807, 2.05) is 65.2 Å². The lowest BCUT2D eigenvalue weighted by atomic mass is 10.1. The monoisotopic (exact) mass is 540 g/mol. The second-order valence-electron chi connectivity index (χ2n) is 7.97. The molecule has 4 rings (SSSR count). The van der Waals surface area contributed by atoms with Crippen LogP contribution in [0.1, 0.15) is 18.4 Å². The minimum Gasteiger partial charge on any atom is -0.495 e. The number of hydrogen-bond donors (Lipinski definition) is 1. The van der Waals surface area contributed by atoms with Crippen molar-refractivity contribution in [3.05, 3.63) is 88.4 Å². The van der Waals surface area contributed by atoms with Crippen molar-refractivity contribution in [1.29, 1.82) is 0 Å². The van der Waals surface area contributed by atoms with Crippen LogP contribution in [-0.2, 0) is 11.2 Å². The zero-order valence-corrected chi connectivity index (χ0v) is 22.1. The SMILES string of the molecule is COc1ccccc1-n1c(SCCCC(=O)NCCc2ccc(Cl)cc2Cl)nnc1-c1ccccc1. The summed E-state index contributed by atoms with van der Waals surface area (Å²) in [4.78, 5) is 12.3. The Morgan fingerprint density at radius 3 is 2.58 bits per heavy atom.